The molecule has 1 N–H and O–H groups in total. The zero-order chi connectivity index (χ0) is 15.2. The molecule has 1 fully saturated rings. The van der Waals surface area contributed by atoms with Gasteiger partial charge in [-0.05, 0) is 30.2 Å². The summed E-state index contributed by atoms with van der Waals surface area (Å²) in [4.78, 5) is 12.7. The van der Waals surface area contributed by atoms with Crippen LogP contribution in [0, 0.1) is 11.3 Å². The lowest BCUT2D eigenvalue weighted by Gasteiger charge is -2.34. The van der Waals surface area contributed by atoms with Gasteiger partial charge in [-0.1, -0.05) is 13.0 Å². The highest BCUT2D eigenvalue weighted by molar-refractivity contribution is 5.85. The largest absolute Gasteiger partial charge is 0.478 e. The maximum absolute atomic E-state index is 10.5. The van der Waals surface area contributed by atoms with Crippen LogP contribution in [0.25, 0.3) is 6.08 Å². The van der Waals surface area contributed by atoms with E-state index in [4.69, 9.17) is 9.84 Å². The van der Waals surface area contributed by atoms with E-state index in [1.165, 1.54) is 6.08 Å². The molecule has 0 aromatic heterocycles. The highest BCUT2D eigenvalue weighted by Crippen LogP contribution is 2.24. The Morgan fingerprint density at radius 2 is 2.43 bits per heavy atom. The summed E-state index contributed by atoms with van der Waals surface area (Å²) in [6, 6.07) is 7.60. The molecule has 1 heterocycles. The maximum atomic E-state index is 10.5. The predicted molar refractivity (Wildman–Crippen MR) is 80.1 cm³/mol. The zero-order valence-corrected chi connectivity index (χ0v) is 12.0. The van der Waals surface area contributed by atoms with E-state index >= 15 is 0 Å². The second kappa shape index (κ2) is 6.91. The summed E-state index contributed by atoms with van der Waals surface area (Å²) < 4.78 is 5.64. The fraction of sp³-hybridized carbons (Fsp3) is 0.375. The molecule has 0 saturated carbocycles. The third-order valence-electron chi connectivity index (χ3n) is 3.49. The minimum absolute atomic E-state index is 0.192. The van der Waals surface area contributed by atoms with Crippen molar-refractivity contribution in [2.75, 3.05) is 24.6 Å². The molecule has 5 nitrogen and oxygen atoms in total. The molecule has 2 rings (SSSR count). The van der Waals surface area contributed by atoms with Crippen molar-refractivity contribution in [3.63, 3.8) is 0 Å². The molecule has 1 aromatic rings. The third-order valence-corrected chi connectivity index (χ3v) is 3.49. The van der Waals surface area contributed by atoms with Crippen molar-refractivity contribution in [3.8, 4) is 6.07 Å². The predicted octanol–water partition coefficient (Wildman–Crippen LogP) is 2.27. The average molecular weight is 286 g/mol. The summed E-state index contributed by atoms with van der Waals surface area (Å²) >= 11 is 0. The van der Waals surface area contributed by atoms with Crippen molar-refractivity contribution in [3.05, 3.63) is 35.4 Å². The number of carbonyl (C=O) groups is 1. The van der Waals surface area contributed by atoms with Crippen LogP contribution in [0.15, 0.2) is 24.3 Å². The molecule has 1 atom stereocenters. The van der Waals surface area contributed by atoms with Gasteiger partial charge in [-0.3, -0.25) is 0 Å². The maximum Gasteiger partial charge on any atom is 0.328 e. The summed E-state index contributed by atoms with van der Waals surface area (Å²) in [6.07, 6.45) is 3.69. The number of carboxylic acid groups (broad SMARTS) is 1. The normalized spacial score (nSPS) is 18.7. The van der Waals surface area contributed by atoms with E-state index < -0.39 is 5.97 Å². The number of rotatable bonds is 4. The Morgan fingerprint density at radius 3 is 3.10 bits per heavy atom. The van der Waals surface area contributed by atoms with Crippen LogP contribution in [-0.2, 0) is 9.53 Å². The number of nitrogens with zero attached hydrogens (tertiary/aromatic N) is 2. The van der Waals surface area contributed by atoms with Gasteiger partial charge in [0.1, 0.15) is 6.07 Å². The third kappa shape index (κ3) is 3.83. The van der Waals surface area contributed by atoms with Gasteiger partial charge < -0.3 is 14.7 Å². The molecule has 1 aliphatic heterocycles. The first-order chi connectivity index (χ1) is 10.1. The van der Waals surface area contributed by atoms with E-state index in [1.807, 2.05) is 12.1 Å². The molecule has 5 heteroatoms. The fourth-order valence-corrected chi connectivity index (χ4v) is 2.38. The summed E-state index contributed by atoms with van der Waals surface area (Å²) in [5.74, 6) is -1.00. The van der Waals surface area contributed by atoms with Crippen LogP contribution >= 0.6 is 0 Å². The van der Waals surface area contributed by atoms with Gasteiger partial charge in [0.25, 0.3) is 0 Å². The minimum Gasteiger partial charge on any atom is -0.478 e. The Labute approximate surface area is 124 Å². The van der Waals surface area contributed by atoms with E-state index in [0.717, 1.165) is 31.3 Å². The molecule has 110 valence electrons. The lowest BCUT2D eigenvalue weighted by atomic mass is 10.1. The first kappa shape index (κ1) is 15.1. The second-order valence-corrected chi connectivity index (χ2v) is 4.91. The number of hydrogen-bond donors (Lipinski definition) is 1. The Bertz CT molecular complexity index is 590. The average Bonchev–Trinajstić information content (AvgIpc) is 2.52. The van der Waals surface area contributed by atoms with E-state index in [-0.39, 0.29) is 6.10 Å². The number of aliphatic carboxylic acids is 1. The first-order valence-electron chi connectivity index (χ1n) is 6.95. The highest BCUT2D eigenvalue weighted by atomic mass is 16.5. The number of hydrogen-bond acceptors (Lipinski definition) is 4. The van der Waals surface area contributed by atoms with E-state index in [2.05, 4.69) is 17.9 Å². The number of morpholine rings is 1. The lowest BCUT2D eigenvalue weighted by Crippen LogP contribution is -2.42. The van der Waals surface area contributed by atoms with Crippen molar-refractivity contribution in [1.29, 1.82) is 5.26 Å². The van der Waals surface area contributed by atoms with Crippen LogP contribution in [0.4, 0.5) is 5.69 Å². The summed E-state index contributed by atoms with van der Waals surface area (Å²) in [7, 11) is 0. The van der Waals surface area contributed by atoms with Gasteiger partial charge >= 0.3 is 5.97 Å². The summed E-state index contributed by atoms with van der Waals surface area (Å²) in [6.45, 7) is 4.27. The summed E-state index contributed by atoms with van der Waals surface area (Å²) in [5, 5.41) is 18.0. The van der Waals surface area contributed by atoms with Gasteiger partial charge in [0.05, 0.1) is 24.0 Å². The molecular weight excluding hydrogens is 268 g/mol. The molecule has 0 radical (unpaired) electrons. The van der Waals surface area contributed by atoms with Gasteiger partial charge in [0.2, 0.25) is 0 Å². The van der Waals surface area contributed by atoms with Crippen molar-refractivity contribution >= 4 is 17.7 Å². The van der Waals surface area contributed by atoms with Crippen LogP contribution in [0.2, 0.25) is 0 Å². The summed E-state index contributed by atoms with van der Waals surface area (Å²) in [5.41, 5.74) is 2.14. The van der Waals surface area contributed by atoms with Crippen LogP contribution in [-0.4, -0.2) is 36.9 Å². The highest BCUT2D eigenvalue weighted by Gasteiger charge is 2.21. The SMILES string of the molecule is CCC1CN(c2ccc(/C=C/C(=O)O)cc2C#N)CCO1. The van der Waals surface area contributed by atoms with Gasteiger partial charge in [-0.15, -0.1) is 0 Å². The van der Waals surface area contributed by atoms with E-state index in [1.54, 1.807) is 6.07 Å². The molecule has 1 unspecified atom stereocenters. The van der Waals surface area contributed by atoms with Crippen LogP contribution in [0.5, 0.6) is 0 Å². The van der Waals surface area contributed by atoms with E-state index in [0.29, 0.717) is 17.7 Å². The number of benzene rings is 1. The topological polar surface area (TPSA) is 73.6 Å². The van der Waals surface area contributed by atoms with E-state index in [9.17, 15) is 10.1 Å². The van der Waals surface area contributed by atoms with Crippen molar-refractivity contribution in [2.45, 2.75) is 19.4 Å². The van der Waals surface area contributed by atoms with Crippen molar-refractivity contribution in [1.82, 2.24) is 0 Å². The standard InChI is InChI=1S/C16H18N2O3/c1-2-14-11-18(7-8-21-14)15-5-3-12(4-6-16(19)20)9-13(15)10-17/h3-6,9,14H,2,7-8,11H2,1H3,(H,19,20)/b6-4+. The molecule has 0 bridgehead atoms. The van der Waals surface area contributed by atoms with Crippen LogP contribution in [0.1, 0.15) is 24.5 Å². The zero-order valence-electron chi connectivity index (χ0n) is 12.0. The Kier molecular flexibility index (Phi) is 4.96. The van der Waals surface area contributed by atoms with Crippen LogP contribution in [0.3, 0.4) is 0 Å². The van der Waals surface area contributed by atoms with Crippen molar-refractivity contribution in [2.24, 2.45) is 0 Å². The molecule has 0 spiro atoms. The number of ether oxygens (including phenoxy) is 1. The first-order valence-corrected chi connectivity index (χ1v) is 6.95. The molecule has 21 heavy (non-hydrogen) atoms. The smallest absolute Gasteiger partial charge is 0.328 e. The molecule has 1 aliphatic rings. The Hall–Kier alpha value is -2.32. The van der Waals surface area contributed by atoms with Gasteiger partial charge in [-0.2, -0.15) is 5.26 Å². The molecule has 1 aromatic carbocycles. The van der Waals surface area contributed by atoms with Crippen molar-refractivity contribution < 1.29 is 14.6 Å². The lowest BCUT2D eigenvalue weighted by molar-refractivity contribution is -0.131. The van der Waals surface area contributed by atoms with Gasteiger partial charge in [0, 0.05) is 19.2 Å². The number of nitriles is 1. The van der Waals surface area contributed by atoms with Gasteiger partial charge in [0.15, 0.2) is 0 Å². The molecule has 0 aliphatic carbocycles. The minimum atomic E-state index is -1.00. The van der Waals surface area contributed by atoms with Crippen LogP contribution < -0.4 is 4.90 Å². The second-order valence-electron chi connectivity index (χ2n) is 4.91. The molecule has 1 saturated heterocycles. The van der Waals surface area contributed by atoms with Gasteiger partial charge in [-0.25, -0.2) is 4.79 Å². The Morgan fingerprint density at radius 1 is 1.62 bits per heavy atom. The number of carboxylic acids is 1. The molecule has 0 amide bonds. The molecular formula is C16H18N2O3. The monoisotopic (exact) mass is 286 g/mol. The Balaban J connectivity index is 2.24. The fourth-order valence-electron chi connectivity index (χ4n) is 2.38. The quantitative estimate of drug-likeness (QED) is 0.859. The number of anilines is 1.